The molecule has 0 saturated carbocycles. The van der Waals surface area contributed by atoms with Gasteiger partial charge in [0, 0.05) is 6.42 Å². The number of aromatic amines is 1. The molecule has 8 nitrogen and oxygen atoms in total. The summed E-state index contributed by atoms with van der Waals surface area (Å²) in [6.45, 7) is -0.252. The molecule has 2 aromatic heterocycles. The number of aliphatic hydroxyl groups is 2. The summed E-state index contributed by atoms with van der Waals surface area (Å²) in [5.41, 5.74) is 0.300. The van der Waals surface area contributed by atoms with E-state index in [4.69, 9.17) is 9.84 Å². The Kier molecular flexibility index (Phi) is 2.62. The summed E-state index contributed by atoms with van der Waals surface area (Å²) in [5.74, 6) is 0. The molecule has 0 bridgehead atoms. The number of aromatic nitrogens is 4. The van der Waals surface area contributed by atoms with Gasteiger partial charge in [0.1, 0.15) is 12.3 Å². The van der Waals surface area contributed by atoms with Gasteiger partial charge >= 0.3 is 0 Å². The van der Waals surface area contributed by atoms with Crippen LogP contribution in [0.15, 0.2) is 17.4 Å². The van der Waals surface area contributed by atoms with E-state index in [0.29, 0.717) is 12.1 Å². The Balaban J connectivity index is 2.01. The number of imidazole rings is 1. The van der Waals surface area contributed by atoms with Crippen molar-refractivity contribution in [3.63, 3.8) is 0 Å². The van der Waals surface area contributed by atoms with Gasteiger partial charge in [0.2, 0.25) is 0 Å². The van der Waals surface area contributed by atoms with Crippen LogP contribution in [0, 0.1) is 0 Å². The summed E-state index contributed by atoms with van der Waals surface area (Å²) in [4.78, 5) is 21.9. The fourth-order valence-corrected chi connectivity index (χ4v) is 2.12. The third kappa shape index (κ3) is 1.62. The molecule has 3 rings (SSSR count). The lowest BCUT2D eigenvalue weighted by molar-refractivity contribution is -0.0432. The highest BCUT2D eigenvalue weighted by Crippen LogP contribution is 2.29. The Bertz CT molecular complexity index is 622. The first-order chi connectivity index (χ1) is 8.70. The molecule has 3 N–H and O–H groups in total. The normalized spacial score (nSPS) is 28.0. The molecule has 1 unspecified atom stereocenters. The second-order valence-corrected chi connectivity index (χ2v) is 4.17. The van der Waals surface area contributed by atoms with Crippen molar-refractivity contribution in [2.24, 2.45) is 0 Å². The zero-order valence-corrected chi connectivity index (χ0v) is 9.35. The molecule has 0 radical (unpaired) electrons. The number of hydrogen-bond acceptors (Lipinski definition) is 6. The van der Waals surface area contributed by atoms with Crippen LogP contribution in [-0.4, -0.2) is 48.5 Å². The van der Waals surface area contributed by atoms with E-state index in [0.717, 1.165) is 0 Å². The highest BCUT2D eigenvalue weighted by atomic mass is 16.5. The first-order valence-corrected chi connectivity index (χ1v) is 5.55. The van der Waals surface area contributed by atoms with Crippen LogP contribution in [0.25, 0.3) is 11.2 Å². The Morgan fingerprint density at radius 2 is 2.39 bits per heavy atom. The largest absolute Gasteiger partial charge is 0.394 e. The Morgan fingerprint density at radius 1 is 1.56 bits per heavy atom. The molecular formula is C10H12N4O4. The van der Waals surface area contributed by atoms with Crippen molar-refractivity contribution in [3.8, 4) is 0 Å². The quantitative estimate of drug-likeness (QED) is 0.616. The summed E-state index contributed by atoms with van der Waals surface area (Å²) in [5, 5.41) is 18.7. The van der Waals surface area contributed by atoms with Gasteiger partial charge in [-0.25, -0.2) is 9.97 Å². The third-order valence-corrected chi connectivity index (χ3v) is 3.06. The zero-order chi connectivity index (χ0) is 12.7. The van der Waals surface area contributed by atoms with Crippen LogP contribution in [0.2, 0.25) is 0 Å². The van der Waals surface area contributed by atoms with E-state index in [9.17, 15) is 9.90 Å². The molecule has 1 fully saturated rings. The Morgan fingerprint density at radius 3 is 3.11 bits per heavy atom. The number of nitrogens with one attached hydrogen (secondary N) is 1. The summed E-state index contributed by atoms with van der Waals surface area (Å²) in [6, 6.07) is 0. The van der Waals surface area contributed by atoms with E-state index in [2.05, 4.69) is 15.0 Å². The maximum absolute atomic E-state index is 11.5. The first-order valence-electron chi connectivity index (χ1n) is 5.55. The van der Waals surface area contributed by atoms with Crippen molar-refractivity contribution in [2.45, 2.75) is 24.9 Å². The Labute approximate surface area is 101 Å². The number of H-pyrrole nitrogens is 1. The molecule has 0 aromatic carbocycles. The van der Waals surface area contributed by atoms with E-state index in [1.54, 1.807) is 4.57 Å². The summed E-state index contributed by atoms with van der Waals surface area (Å²) in [7, 11) is 0. The molecular weight excluding hydrogens is 240 g/mol. The minimum Gasteiger partial charge on any atom is -0.394 e. The molecule has 3 atom stereocenters. The monoisotopic (exact) mass is 252 g/mol. The van der Waals surface area contributed by atoms with Crippen LogP contribution in [0.1, 0.15) is 12.6 Å². The van der Waals surface area contributed by atoms with Crippen LogP contribution < -0.4 is 5.56 Å². The Hall–Kier alpha value is -1.77. The standard InChI is InChI=1S/C10H12N4O4/c15-2-6-5(16)1-7(18-6)14-4-13-8-9(14)11-3-12-10(8)17/h3-7,15-16H,1-2H2,(H,11,12,17)/t5-,6?,7-/m1/s1. The lowest BCUT2D eigenvalue weighted by atomic mass is 10.2. The van der Waals surface area contributed by atoms with Crippen LogP contribution in [0.4, 0.5) is 0 Å². The fourth-order valence-electron chi connectivity index (χ4n) is 2.12. The first kappa shape index (κ1) is 11.3. The highest BCUT2D eigenvalue weighted by Gasteiger charge is 2.35. The van der Waals surface area contributed by atoms with E-state index in [1.165, 1.54) is 12.7 Å². The molecule has 0 aliphatic carbocycles. The highest BCUT2D eigenvalue weighted by molar-refractivity contribution is 5.68. The van der Waals surface area contributed by atoms with E-state index >= 15 is 0 Å². The van der Waals surface area contributed by atoms with Crippen molar-refractivity contribution in [3.05, 3.63) is 23.0 Å². The van der Waals surface area contributed by atoms with Gasteiger partial charge in [0.25, 0.3) is 5.56 Å². The van der Waals surface area contributed by atoms with Crippen LogP contribution in [-0.2, 0) is 4.74 Å². The van der Waals surface area contributed by atoms with Gasteiger partial charge in [-0.1, -0.05) is 0 Å². The van der Waals surface area contributed by atoms with E-state index < -0.39 is 18.4 Å². The predicted octanol–water partition coefficient (Wildman–Crippen LogP) is -1.24. The zero-order valence-electron chi connectivity index (χ0n) is 9.35. The second-order valence-electron chi connectivity index (χ2n) is 4.17. The lowest BCUT2D eigenvalue weighted by Crippen LogP contribution is -2.24. The van der Waals surface area contributed by atoms with Crippen molar-refractivity contribution in [1.82, 2.24) is 19.5 Å². The predicted molar refractivity (Wildman–Crippen MR) is 59.8 cm³/mol. The number of nitrogens with zero attached hydrogens (tertiary/aromatic N) is 3. The molecule has 3 heterocycles. The van der Waals surface area contributed by atoms with Crippen LogP contribution >= 0.6 is 0 Å². The SMILES string of the molecule is O=c1[nH]cnc2c1ncn2[C@H]1C[C@@H](O)C(CO)O1. The number of fused-ring (bicyclic) bond motifs is 1. The molecule has 1 aliphatic rings. The molecule has 18 heavy (non-hydrogen) atoms. The molecule has 96 valence electrons. The van der Waals surface area contributed by atoms with Crippen molar-refractivity contribution in [2.75, 3.05) is 6.61 Å². The molecule has 2 aromatic rings. The minimum atomic E-state index is -0.737. The molecule has 8 heteroatoms. The molecule has 0 spiro atoms. The third-order valence-electron chi connectivity index (χ3n) is 3.06. The number of rotatable bonds is 2. The van der Waals surface area contributed by atoms with Crippen molar-refractivity contribution in [1.29, 1.82) is 0 Å². The second kappa shape index (κ2) is 4.16. The molecule has 0 amide bonds. The van der Waals surface area contributed by atoms with Crippen molar-refractivity contribution >= 4 is 11.2 Å². The number of hydrogen-bond donors (Lipinski definition) is 3. The van der Waals surface area contributed by atoms with Crippen LogP contribution in [0.5, 0.6) is 0 Å². The smallest absolute Gasteiger partial charge is 0.278 e. The fraction of sp³-hybridized carbons (Fsp3) is 0.500. The average Bonchev–Trinajstić information content (AvgIpc) is 2.93. The molecule has 1 saturated heterocycles. The van der Waals surface area contributed by atoms with E-state index in [-0.39, 0.29) is 17.7 Å². The van der Waals surface area contributed by atoms with Gasteiger partial charge < -0.3 is 19.9 Å². The van der Waals surface area contributed by atoms with Gasteiger partial charge in [-0.15, -0.1) is 0 Å². The van der Waals surface area contributed by atoms with E-state index in [1.807, 2.05) is 0 Å². The summed E-state index contributed by atoms with van der Waals surface area (Å²) in [6.07, 6.45) is 1.23. The number of ether oxygens (including phenoxy) is 1. The van der Waals surface area contributed by atoms with Gasteiger partial charge in [-0.05, 0) is 0 Å². The number of aliphatic hydroxyl groups excluding tert-OH is 2. The van der Waals surface area contributed by atoms with Crippen LogP contribution in [0.3, 0.4) is 0 Å². The average molecular weight is 252 g/mol. The van der Waals surface area contributed by atoms with Gasteiger partial charge in [0.05, 0.1) is 25.4 Å². The summed E-state index contributed by atoms with van der Waals surface area (Å²) < 4.78 is 7.07. The summed E-state index contributed by atoms with van der Waals surface area (Å²) >= 11 is 0. The maximum Gasteiger partial charge on any atom is 0.278 e. The topological polar surface area (TPSA) is 113 Å². The van der Waals surface area contributed by atoms with Gasteiger partial charge in [-0.3, -0.25) is 9.36 Å². The minimum absolute atomic E-state index is 0.225. The maximum atomic E-state index is 11.5. The van der Waals surface area contributed by atoms with Crippen molar-refractivity contribution < 1.29 is 14.9 Å². The lowest BCUT2D eigenvalue weighted by Gasteiger charge is -2.13. The van der Waals surface area contributed by atoms with Gasteiger partial charge in [0.15, 0.2) is 11.2 Å². The van der Waals surface area contributed by atoms with Gasteiger partial charge in [-0.2, -0.15) is 0 Å². The molecule has 1 aliphatic heterocycles.